The van der Waals surface area contributed by atoms with E-state index >= 15 is 0 Å². The molecular weight excluding hydrogens is 178 g/mol. The molecule has 1 unspecified atom stereocenters. The molecule has 1 atom stereocenters. The third-order valence-electron chi connectivity index (χ3n) is 3.16. The number of nitrogens with zero attached hydrogens (tertiary/aromatic N) is 1. The second-order valence-corrected chi connectivity index (χ2v) is 4.21. The smallest absolute Gasteiger partial charge is 0.236 e. The minimum absolute atomic E-state index is 0.266. The molecule has 1 amide bonds. The summed E-state index contributed by atoms with van der Waals surface area (Å²) >= 11 is 0. The first-order chi connectivity index (χ1) is 6.86. The average molecular weight is 197 g/mol. The summed E-state index contributed by atoms with van der Waals surface area (Å²) in [7, 11) is 0. The molecule has 2 rings (SSSR count). The van der Waals surface area contributed by atoms with Crippen molar-refractivity contribution in [3.8, 4) is 0 Å². The number of piperazine rings is 1. The van der Waals surface area contributed by atoms with Gasteiger partial charge in [0.05, 0.1) is 6.54 Å². The van der Waals surface area contributed by atoms with E-state index in [9.17, 15) is 4.79 Å². The van der Waals surface area contributed by atoms with Gasteiger partial charge in [-0.3, -0.25) is 4.79 Å². The maximum Gasteiger partial charge on any atom is 0.236 e. The van der Waals surface area contributed by atoms with Crippen molar-refractivity contribution in [3.05, 3.63) is 0 Å². The number of carbonyl (C=O) groups excluding carboxylic acids is 1. The summed E-state index contributed by atoms with van der Waals surface area (Å²) in [5.74, 6) is 1.06. The highest BCUT2D eigenvalue weighted by atomic mass is 16.2. The Morgan fingerprint density at radius 2 is 2.29 bits per heavy atom. The van der Waals surface area contributed by atoms with E-state index in [2.05, 4.69) is 10.6 Å². The van der Waals surface area contributed by atoms with Gasteiger partial charge in [0.25, 0.3) is 0 Å². The van der Waals surface area contributed by atoms with Gasteiger partial charge in [-0.15, -0.1) is 0 Å². The Labute approximate surface area is 85.0 Å². The zero-order valence-corrected chi connectivity index (χ0v) is 8.59. The van der Waals surface area contributed by atoms with E-state index in [0.717, 1.165) is 38.6 Å². The Hall–Kier alpha value is -0.610. The molecule has 2 aliphatic rings. The molecule has 2 saturated heterocycles. The lowest BCUT2D eigenvalue weighted by Gasteiger charge is -2.28. The fraction of sp³-hybridized carbons (Fsp3) is 0.900. The van der Waals surface area contributed by atoms with Crippen LogP contribution in [0.2, 0.25) is 0 Å². The fourth-order valence-corrected chi connectivity index (χ4v) is 2.18. The molecule has 4 nitrogen and oxygen atoms in total. The van der Waals surface area contributed by atoms with Crippen LogP contribution in [0.4, 0.5) is 0 Å². The third kappa shape index (κ3) is 2.45. The Morgan fingerprint density at radius 1 is 1.36 bits per heavy atom. The van der Waals surface area contributed by atoms with Crippen molar-refractivity contribution in [2.75, 3.05) is 39.3 Å². The van der Waals surface area contributed by atoms with E-state index in [1.165, 1.54) is 12.8 Å². The molecule has 0 aliphatic carbocycles. The van der Waals surface area contributed by atoms with Crippen LogP contribution in [-0.4, -0.2) is 50.1 Å². The summed E-state index contributed by atoms with van der Waals surface area (Å²) in [6.07, 6.45) is 2.44. The summed E-state index contributed by atoms with van der Waals surface area (Å²) in [6, 6.07) is 0. The molecule has 4 heteroatoms. The Bertz CT molecular complexity index is 202. The SMILES string of the molecule is O=C1CNCCN1CCC1CCNC1. The minimum Gasteiger partial charge on any atom is -0.340 e. The summed E-state index contributed by atoms with van der Waals surface area (Å²) in [4.78, 5) is 13.4. The van der Waals surface area contributed by atoms with E-state index in [-0.39, 0.29) is 5.91 Å². The van der Waals surface area contributed by atoms with E-state index in [0.29, 0.717) is 6.54 Å². The van der Waals surface area contributed by atoms with Crippen molar-refractivity contribution >= 4 is 5.91 Å². The molecule has 2 fully saturated rings. The first-order valence-corrected chi connectivity index (χ1v) is 5.55. The molecule has 2 aliphatic heterocycles. The lowest BCUT2D eigenvalue weighted by Crippen LogP contribution is -2.48. The summed E-state index contributed by atoms with van der Waals surface area (Å²) in [5, 5.41) is 6.44. The standard InChI is InChI=1S/C10H19N3O/c14-10-8-12-4-6-13(10)5-2-9-1-3-11-7-9/h9,11-12H,1-8H2. The van der Waals surface area contributed by atoms with Gasteiger partial charge < -0.3 is 15.5 Å². The van der Waals surface area contributed by atoms with Crippen LogP contribution >= 0.6 is 0 Å². The van der Waals surface area contributed by atoms with Crippen molar-refractivity contribution in [3.63, 3.8) is 0 Å². The van der Waals surface area contributed by atoms with Crippen LogP contribution in [0, 0.1) is 5.92 Å². The number of amides is 1. The van der Waals surface area contributed by atoms with Crippen molar-refractivity contribution in [1.82, 2.24) is 15.5 Å². The molecule has 0 aromatic heterocycles. The molecular formula is C10H19N3O. The van der Waals surface area contributed by atoms with Gasteiger partial charge in [-0.05, 0) is 31.8 Å². The van der Waals surface area contributed by atoms with Gasteiger partial charge in [-0.2, -0.15) is 0 Å². The van der Waals surface area contributed by atoms with Crippen LogP contribution in [0.25, 0.3) is 0 Å². The molecule has 0 aromatic carbocycles. The van der Waals surface area contributed by atoms with Gasteiger partial charge in [0, 0.05) is 19.6 Å². The maximum atomic E-state index is 11.4. The second kappa shape index (κ2) is 4.75. The van der Waals surface area contributed by atoms with Crippen molar-refractivity contribution in [2.24, 2.45) is 5.92 Å². The zero-order chi connectivity index (χ0) is 9.80. The highest BCUT2D eigenvalue weighted by Gasteiger charge is 2.20. The molecule has 0 spiro atoms. The predicted molar refractivity (Wildman–Crippen MR) is 55.0 cm³/mol. The van der Waals surface area contributed by atoms with Gasteiger partial charge in [0.2, 0.25) is 5.91 Å². The van der Waals surface area contributed by atoms with Crippen LogP contribution in [0.5, 0.6) is 0 Å². The van der Waals surface area contributed by atoms with Gasteiger partial charge in [0.1, 0.15) is 0 Å². The summed E-state index contributed by atoms with van der Waals surface area (Å²) < 4.78 is 0. The molecule has 0 aromatic rings. The van der Waals surface area contributed by atoms with Gasteiger partial charge in [-0.25, -0.2) is 0 Å². The molecule has 2 heterocycles. The Balaban J connectivity index is 1.70. The van der Waals surface area contributed by atoms with Crippen LogP contribution in [0.3, 0.4) is 0 Å². The van der Waals surface area contributed by atoms with Crippen molar-refractivity contribution in [2.45, 2.75) is 12.8 Å². The zero-order valence-electron chi connectivity index (χ0n) is 8.59. The number of carbonyl (C=O) groups is 1. The van der Waals surface area contributed by atoms with Crippen LogP contribution in [0.1, 0.15) is 12.8 Å². The minimum atomic E-state index is 0.266. The molecule has 2 N–H and O–H groups in total. The van der Waals surface area contributed by atoms with Crippen molar-refractivity contribution in [1.29, 1.82) is 0 Å². The van der Waals surface area contributed by atoms with Crippen LogP contribution in [-0.2, 0) is 4.79 Å². The van der Waals surface area contributed by atoms with Crippen LogP contribution in [0.15, 0.2) is 0 Å². The molecule has 0 radical (unpaired) electrons. The van der Waals surface area contributed by atoms with Crippen molar-refractivity contribution < 1.29 is 4.79 Å². The molecule has 14 heavy (non-hydrogen) atoms. The number of nitrogens with one attached hydrogen (secondary N) is 2. The topological polar surface area (TPSA) is 44.4 Å². The lowest BCUT2D eigenvalue weighted by atomic mass is 10.0. The van der Waals surface area contributed by atoms with E-state index in [1.54, 1.807) is 0 Å². The van der Waals surface area contributed by atoms with E-state index in [4.69, 9.17) is 0 Å². The first kappa shape index (κ1) is 9.93. The summed E-state index contributed by atoms with van der Waals surface area (Å²) in [5.41, 5.74) is 0. The number of rotatable bonds is 3. The molecule has 80 valence electrons. The van der Waals surface area contributed by atoms with E-state index in [1.807, 2.05) is 4.90 Å². The summed E-state index contributed by atoms with van der Waals surface area (Å²) in [6.45, 7) is 5.61. The Kier molecular flexibility index (Phi) is 3.37. The molecule has 0 bridgehead atoms. The predicted octanol–water partition coefficient (Wildman–Crippen LogP) is -0.582. The lowest BCUT2D eigenvalue weighted by molar-refractivity contribution is -0.132. The highest BCUT2D eigenvalue weighted by Crippen LogP contribution is 2.13. The van der Waals surface area contributed by atoms with Crippen LogP contribution < -0.4 is 10.6 Å². The third-order valence-corrected chi connectivity index (χ3v) is 3.16. The van der Waals surface area contributed by atoms with Gasteiger partial charge >= 0.3 is 0 Å². The monoisotopic (exact) mass is 197 g/mol. The normalized spacial score (nSPS) is 28.4. The highest BCUT2D eigenvalue weighted by molar-refractivity contribution is 5.78. The quantitative estimate of drug-likeness (QED) is 0.636. The second-order valence-electron chi connectivity index (χ2n) is 4.21. The van der Waals surface area contributed by atoms with Gasteiger partial charge in [0.15, 0.2) is 0 Å². The Morgan fingerprint density at radius 3 is 3.00 bits per heavy atom. The molecule has 0 saturated carbocycles. The first-order valence-electron chi connectivity index (χ1n) is 5.55. The largest absolute Gasteiger partial charge is 0.340 e. The number of hydrogen-bond acceptors (Lipinski definition) is 3. The fourth-order valence-electron chi connectivity index (χ4n) is 2.18. The van der Waals surface area contributed by atoms with E-state index < -0.39 is 0 Å². The number of hydrogen-bond donors (Lipinski definition) is 2. The average Bonchev–Trinajstić information content (AvgIpc) is 2.69. The maximum absolute atomic E-state index is 11.4. The van der Waals surface area contributed by atoms with Gasteiger partial charge in [-0.1, -0.05) is 0 Å².